The number of hydrogen-bond acceptors (Lipinski definition) is 6. The minimum atomic E-state index is 0.720. The van der Waals surface area contributed by atoms with Gasteiger partial charge in [-0.3, -0.25) is 9.80 Å². The van der Waals surface area contributed by atoms with Crippen LogP contribution in [0.25, 0.3) is 0 Å². The number of piperazine rings is 1. The summed E-state index contributed by atoms with van der Waals surface area (Å²) in [5.74, 6) is 1.95. The van der Waals surface area contributed by atoms with Crippen molar-refractivity contribution in [3.63, 3.8) is 0 Å². The van der Waals surface area contributed by atoms with Gasteiger partial charge in [0, 0.05) is 70.7 Å². The Balaban J connectivity index is 1.05. The minimum Gasteiger partial charge on any atom is -0.493 e. The molecular weight excluding hydrogens is 338 g/mol. The molecule has 6 nitrogen and oxygen atoms in total. The van der Waals surface area contributed by atoms with E-state index in [1.807, 2.05) is 18.5 Å². The van der Waals surface area contributed by atoms with E-state index in [2.05, 4.69) is 42.9 Å². The average molecular weight is 365 g/mol. The lowest BCUT2D eigenvalue weighted by Gasteiger charge is -2.48. The lowest BCUT2D eigenvalue weighted by molar-refractivity contribution is 0.0315. The Labute approximate surface area is 160 Å². The van der Waals surface area contributed by atoms with Crippen LogP contribution in [0.2, 0.25) is 0 Å². The summed E-state index contributed by atoms with van der Waals surface area (Å²) in [4.78, 5) is 16.3. The minimum absolute atomic E-state index is 0.720. The molecule has 142 valence electrons. The Morgan fingerprint density at radius 1 is 1.04 bits per heavy atom. The van der Waals surface area contributed by atoms with Crippen LogP contribution in [0.4, 0.5) is 5.95 Å². The first-order valence-electron chi connectivity index (χ1n) is 10.1. The van der Waals surface area contributed by atoms with Crippen molar-refractivity contribution in [3.8, 4) is 5.75 Å². The Morgan fingerprint density at radius 3 is 2.67 bits per heavy atom. The van der Waals surface area contributed by atoms with E-state index in [1.54, 1.807) is 0 Å². The highest BCUT2D eigenvalue weighted by Crippen LogP contribution is 2.26. The monoisotopic (exact) mass is 365 g/mol. The van der Waals surface area contributed by atoms with Crippen molar-refractivity contribution in [3.05, 3.63) is 47.8 Å². The second-order valence-electron chi connectivity index (χ2n) is 7.78. The molecule has 0 saturated carbocycles. The number of nitrogens with zero attached hydrogens (tertiary/aromatic N) is 5. The fourth-order valence-electron chi connectivity index (χ4n) is 4.38. The molecule has 0 N–H and O–H groups in total. The molecule has 1 aromatic carbocycles. The fourth-order valence-corrected chi connectivity index (χ4v) is 4.38. The maximum absolute atomic E-state index is 5.60. The van der Waals surface area contributed by atoms with Gasteiger partial charge in [-0.05, 0) is 29.7 Å². The summed E-state index contributed by atoms with van der Waals surface area (Å²) in [5, 5.41) is 0. The summed E-state index contributed by atoms with van der Waals surface area (Å²) in [6.07, 6.45) is 5.85. The predicted octanol–water partition coefficient (Wildman–Crippen LogP) is 1.46. The Bertz CT molecular complexity index is 769. The van der Waals surface area contributed by atoms with Gasteiger partial charge >= 0.3 is 0 Å². The van der Waals surface area contributed by atoms with E-state index in [-0.39, 0.29) is 0 Å². The number of benzene rings is 1. The van der Waals surface area contributed by atoms with Crippen LogP contribution in [0.3, 0.4) is 0 Å². The van der Waals surface area contributed by atoms with Crippen molar-refractivity contribution in [1.29, 1.82) is 0 Å². The highest BCUT2D eigenvalue weighted by atomic mass is 16.5. The largest absolute Gasteiger partial charge is 0.493 e. The van der Waals surface area contributed by atoms with E-state index in [1.165, 1.54) is 24.2 Å². The van der Waals surface area contributed by atoms with Crippen molar-refractivity contribution < 1.29 is 4.74 Å². The van der Waals surface area contributed by atoms with Gasteiger partial charge in [-0.15, -0.1) is 0 Å². The van der Waals surface area contributed by atoms with Crippen molar-refractivity contribution >= 4 is 5.95 Å². The molecule has 6 heteroatoms. The smallest absolute Gasteiger partial charge is 0.225 e. The molecule has 2 aromatic rings. The number of ether oxygens (including phenoxy) is 1. The summed E-state index contributed by atoms with van der Waals surface area (Å²) >= 11 is 0. The molecule has 0 spiro atoms. The van der Waals surface area contributed by atoms with E-state index in [4.69, 9.17) is 4.74 Å². The van der Waals surface area contributed by atoms with Crippen molar-refractivity contribution in [1.82, 2.24) is 19.8 Å². The van der Waals surface area contributed by atoms with E-state index in [9.17, 15) is 0 Å². The third kappa shape index (κ3) is 3.64. The van der Waals surface area contributed by atoms with Gasteiger partial charge in [0.25, 0.3) is 0 Å². The second-order valence-corrected chi connectivity index (χ2v) is 7.78. The normalized spacial score (nSPS) is 21.0. The summed E-state index contributed by atoms with van der Waals surface area (Å²) in [6, 6.07) is 9.31. The zero-order valence-electron chi connectivity index (χ0n) is 15.8. The molecule has 27 heavy (non-hydrogen) atoms. The molecule has 0 aliphatic carbocycles. The third-order valence-electron chi connectivity index (χ3n) is 6.07. The van der Waals surface area contributed by atoms with E-state index in [0.29, 0.717) is 0 Å². The highest BCUT2D eigenvalue weighted by Gasteiger charge is 2.33. The molecule has 3 aliphatic heterocycles. The highest BCUT2D eigenvalue weighted by molar-refractivity contribution is 5.39. The van der Waals surface area contributed by atoms with E-state index >= 15 is 0 Å². The quantitative estimate of drug-likeness (QED) is 0.799. The molecule has 2 fully saturated rings. The molecule has 2 saturated heterocycles. The molecule has 0 bridgehead atoms. The summed E-state index contributed by atoms with van der Waals surface area (Å²) in [6.45, 7) is 8.69. The molecule has 3 aliphatic rings. The molecule has 5 rings (SSSR count). The number of rotatable bonds is 5. The van der Waals surface area contributed by atoms with Gasteiger partial charge in [-0.25, -0.2) is 9.97 Å². The molecule has 4 heterocycles. The fraction of sp³-hybridized carbons (Fsp3) is 0.524. The van der Waals surface area contributed by atoms with Crippen LogP contribution in [0.1, 0.15) is 11.1 Å². The summed E-state index contributed by atoms with van der Waals surface area (Å²) < 4.78 is 5.60. The van der Waals surface area contributed by atoms with Crippen LogP contribution in [-0.2, 0) is 12.8 Å². The second kappa shape index (κ2) is 7.44. The van der Waals surface area contributed by atoms with Crippen LogP contribution in [-0.4, -0.2) is 78.2 Å². The van der Waals surface area contributed by atoms with Crippen molar-refractivity contribution in [2.24, 2.45) is 0 Å². The van der Waals surface area contributed by atoms with Gasteiger partial charge in [0.15, 0.2) is 0 Å². The van der Waals surface area contributed by atoms with Crippen LogP contribution in [0.15, 0.2) is 36.7 Å². The first-order chi connectivity index (χ1) is 13.3. The van der Waals surface area contributed by atoms with Crippen molar-refractivity contribution in [2.75, 3.05) is 57.3 Å². The van der Waals surface area contributed by atoms with Gasteiger partial charge in [-0.1, -0.05) is 12.1 Å². The lowest BCUT2D eigenvalue weighted by atomic mass is 10.0. The van der Waals surface area contributed by atoms with Gasteiger partial charge < -0.3 is 9.64 Å². The standard InChI is InChI=1S/C21H27N5O/c1-6-22-21(23-7-1)26-11-9-25(10-12-26)19-15-24(16-19)8-4-17-2-3-20-18(14-17)5-13-27-20/h1-3,6-7,14,19H,4-5,8-13,15-16H2. The van der Waals surface area contributed by atoms with Gasteiger partial charge in [0.05, 0.1) is 6.61 Å². The van der Waals surface area contributed by atoms with E-state index < -0.39 is 0 Å². The number of fused-ring (bicyclic) bond motifs is 1. The number of hydrogen-bond donors (Lipinski definition) is 0. The Morgan fingerprint density at radius 2 is 1.85 bits per heavy atom. The predicted molar refractivity (Wildman–Crippen MR) is 105 cm³/mol. The maximum atomic E-state index is 5.60. The molecule has 0 amide bonds. The topological polar surface area (TPSA) is 44.7 Å². The molecule has 0 unspecified atom stereocenters. The van der Waals surface area contributed by atoms with Crippen LogP contribution in [0, 0.1) is 0 Å². The molecule has 0 radical (unpaired) electrons. The van der Waals surface area contributed by atoms with Gasteiger partial charge in [0.1, 0.15) is 5.75 Å². The average Bonchev–Trinajstić information content (AvgIpc) is 3.16. The molecule has 1 aromatic heterocycles. The zero-order chi connectivity index (χ0) is 18.1. The first-order valence-corrected chi connectivity index (χ1v) is 10.1. The molecular formula is C21H27N5O. The van der Waals surface area contributed by atoms with Crippen LogP contribution >= 0.6 is 0 Å². The van der Waals surface area contributed by atoms with Crippen LogP contribution in [0.5, 0.6) is 5.75 Å². The Kier molecular flexibility index (Phi) is 4.67. The first kappa shape index (κ1) is 17.0. The number of anilines is 1. The lowest BCUT2D eigenvalue weighted by Crippen LogP contribution is -2.63. The van der Waals surface area contributed by atoms with Crippen molar-refractivity contribution in [2.45, 2.75) is 18.9 Å². The number of aromatic nitrogens is 2. The number of likely N-dealkylation sites (tertiary alicyclic amines) is 1. The zero-order valence-corrected chi connectivity index (χ0v) is 15.8. The van der Waals surface area contributed by atoms with Gasteiger partial charge in [-0.2, -0.15) is 0 Å². The van der Waals surface area contributed by atoms with E-state index in [0.717, 1.165) is 69.9 Å². The Hall–Kier alpha value is -2.18. The summed E-state index contributed by atoms with van der Waals surface area (Å²) in [5.41, 5.74) is 2.83. The van der Waals surface area contributed by atoms with Crippen LogP contribution < -0.4 is 9.64 Å². The molecule has 0 atom stereocenters. The summed E-state index contributed by atoms with van der Waals surface area (Å²) in [7, 11) is 0. The SMILES string of the molecule is c1cnc(N2CCN(C3CN(CCc4ccc5c(c4)CCO5)C3)CC2)nc1. The van der Waals surface area contributed by atoms with Gasteiger partial charge in [0.2, 0.25) is 5.95 Å². The maximum Gasteiger partial charge on any atom is 0.225 e. The third-order valence-corrected chi connectivity index (χ3v) is 6.07.